The van der Waals surface area contributed by atoms with Crippen molar-refractivity contribution in [3.05, 3.63) is 215 Å². The molecular formula is C71H67ClN2S. The summed E-state index contributed by atoms with van der Waals surface area (Å²) in [6, 6.07) is 68.5. The molecule has 4 aliphatic carbocycles. The Bertz CT molecular complexity index is 3760. The molecule has 0 amide bonds. The minimum Gasteiger partial charge on any atom is -0.309 e. The van der Waals surface area contributed by atoms with E-state index in [1.807, 2.05) is 11.3 Å². The van der Waals surface area contributed by atoms with Crippen LogP contribution in [0.15, 0.2) is 187 Å². The average molecular weight is 1020 g/mol. The van der Waals surface area contributed by atoms with Gasteiger partial charge in [0.25, 0.3) is 0 Å². The van der Waals surface area contributed by atoms with Crippen LogP contribution in [0.25, 0.3) is 53.9 Å². The van der Waals surface area contributed by atoms with Crippen LogP contribution in [0.3, 0.4) is 0 Å². The summed E-state index contributed by atoms with van der Waals surface area (Å²) in [5.41, 5.74) is 16.6. The predicted molar refractivity (Wildman–Crippen MR) is 324 cm³/mol. The summed E-state index contributed by atoms with van der Waals surface area (Å²) in [4.78, 5) is 4.90. The number of benzene rings is 9. The second-order valence-corrected chi connectivity index (χ2v) is 26.0. The number of rotatable bonds is 9. The topological polar surface area (TPSA) is 6.48 Å². The summed E-state index contributed by atoms with van der Waals surface area (Å²) in [6.07, 6.45) is 8.36. The summed E-state index contributed by atoms with van der Waals surface area (Å²) in [5, 5.41) is 9.18. The van der Waals surface area contributed by atoms with Crippen molar-refractivity contribution in [1.82, 2.24) is 0 Å². The van der Waals surface area contributed by atoms with Crippen molar-refractivity contribution >= 4 is 88.7 Å². The fourth-order valence-corrected chi connectivity index (χ4v) is 15.4. The van der Waals surface area contributed by atoms with Crippen molar-refractivity contribution in [3.8, 4) is 22.3 Å². The van der Waals surface area contributed by atoms with E-state index in [1.165, 1.54) is 109 Å². The Morgan fingerprint density at radius 1 is 0.453 bits per heavy atom. The van der Waals surface area contributed by atoms with Gasteiger partial charge < -0.3 is 9.80 Å². The maximum absolute atomic E-state index is 8.31. The summed E-state index contributed by atoms with van der Waals surface area (Å²) < 4.78 is 1.27. The van der Waals surface area contributed by atoms with Crippen molar-refractivity contribution in [2.45, 2.75) is 103 Å². The van der Waals surface area contributed by atoms with E-state index >= 15 is 0 Å². The predicted octanol–water partition coefficient (Wildman–Crippen LogP) is 21.5. The van der Waals surface area contributed by atoms with Gasteiger partial charge in [0, 0.05) is 32.5 Å². The molecule has 75 heavy (non-hydrogen) atoms. The summed E-state index contributed by atoms with van der Waals surface area (Å²) in [6.45, 7) is 16.1. The van der Waals surface area contributed by atoms with Crippen molar-refractivity contribution in [2.75, 3.05) is 9.80 Å². The van der Waals surface area contributed by atoms with Gasteiger partial charge in [0.05, 0.1) is 22.1 Å². The van der Waals surface area contributed by atoms with E-state index in [9.17, 15) is 0 Å². The third kappa shape index (κ3) is 8.46. The fourth-order valence-electron chi connectivity index (χ4n) is 14.2. The highest BCUT2D eigenvalue weighted by molar-refractivity contribution is 7.17. The highest BCUT2D eigenvalue weighted by atomic mass is 35.5. The average Bonchev–Trinajstić information content (AvgIpc) is 3.83. The first-order valence-electron chi connectivity index (χ1n) is 27.4. The summed E-state index contributed by atoms with van der Waals surface area (Å²) in [5.74, 6) is 2.66. The lowest BCUT2D eigenvalue weighted by molar-refractivity contribution is -0.00518. The lowest BCUT2D eigenvalue weighted by atomic mass is 9.48. The molecule has 9 aromatic carbocycles. The molecule has 4 aliphatic rings. The number of fused-ring (bicyclic) bond motifs is 3. The molecule has 0 N–H and O–H groups in total. The molecule has 2 nitrogen and oxygen atoms in total. The molecule has 4 saturated carbocycles. The Labute approximate surface area is 453 Å². The Kier molecular flexibility index (Phi) is 11.7. The van der Waals surface area contributed by atoms with Crippen LogP contribution < -0.4 is 9.80 Å². The van der Waals surface area contributed by atoms with Crippen LogP contribution >= 0.6 is 22.9 Å². The van der Waals surface area contributed by atoms with Gasteiger partial charge in [-0.1, -0.05) is 174 Å². The molecule has 374 valence electrons. The molecule has 1 aromatic heterocycles. The first kappa shape index (κ1) is 48.0. The van der Waals surface area contributed by atoms with E-state index in [0.29, 0.717) is 10.4 Å². The number of hydrogen-bond donors (Lipinski definition) is 0. The van der Waals surface area contributed by atoms with E-state index < -0.39 is 0 Å². The molecule has 10 aromatic rings. The Balaban J connectivity index is 1.05. The molecular weight excluding hydrogens is 948 g/mol. The highest BCUT2D eigenvalue weighted by Gasteiger charge is 2.51. The SMILES string of the molecule is Cc1cc(N(c2cccc(C(C)(C)C)c2)c2ccc3c(-c4ccccc4)c4ccccc4c(-c4ccccc4)c3c2)c(Cl)c(N(c2ccc(C34CC5CC(CC(C5)C3)C4)cc2)c2csc3ccc(C(C)(C)C)cc23)c1. The van der Waals surface area contributed by atoms with Gasteiger partial charge in [-0.25, -0.2) is 0 Å². The van der Waals surface area contributed by atoms with Crippen LogP contribution in [0.1, 0.15) is 102 Å². The van der Waals surface area contributed by atoms with Gasteiger partial charge in [-0.05, 0) is 206 Å². The molecule has 4 heteroatoms. The van der Waals surface area contributed by atoms with Crippen LogP contribution in [-0.2, 0) is 16.2 Å². The van der Waals surface area contributed by atoms with Crippen LogP contribution in [-0.4, -0.2) is 0 Å². The van der Waals surface area contributed by atoms with Gasteiger partial charge >= 0.3 is 0 Å². The van der Waals surface area contributed by atoms with Crippen LogP contribution in [0, 0.1) is 24.7 Å². The van der Waals surface area contributed by atoms with E-state index in [1.54, 1.807) is 0 Å². The normalized spacial score (nSPS) is 19.3. The molecule has 0 atom stereocenters. The molecule has 0 radical (unpaired) electrons. The second-order valence-electron chi connectivity index (χ2n) is 24.7. The number of aryl methyl sites for hydroxylation is 1. The van der Waals surface area contributed by atoms with Gasteiger partial charge in [0.1, 0.15) is 0 Å². The monoisotopic (exact) mass is 1010 g/mol. The number of nitrogens with zero attached hydrogens (tertiary/aromatic N) is 2. The van der Waals surface area contributed by atoms with E-state index in [-0.39, 0.29) is 10.8 Å². The highest BCUT2D eigenvalue weighted by Crippen LogP contribution is 2.61. The third-order valence-corrected chi connectivity index (χ3v) is 18.8. The number of hydrogen-bond acceptors (Lipinski definition) is 3. The van der Waals surface area contributed by atoms with Gasteiger partial charge in [0.15, 0.2) is 0 Å². The minimum atomic E-state index is -0.0817. The molecule has 4 fully saturated rings. The molecule has 0 saturated heterocycles. The zero-order chi connectivity index (χ0) is 51.4. The second kappa shape index (κ2) is 18.3. The number of halogens is 1. The van der Waals surface area contributed by atoms with Crippen molar-refractivity contribution in [2.24, 2.45) is 17.8 Å². The standard InChI is InChI=1S/C71H67ClN2S/c1-45-33-62(68(72)63(34-45)74(64-44-75-65-32-27-53(39-61(64)65)70(5,6)7)54-28-25-51(26-29-54)71-41-46-35-47(42-71)37-48(36-46)43-71)73(55-22-16-21-52(38-55)69(2,3)4)56-30-31-59-60(40-56)67(50-19-12-9-13-20-50)58-24-15-14-23-57(58)66(59)49-17-10-8-11-18-49/h8-34,38-40,44,46-48H,35-37,41-43H2,1-7H3. The molecule has 0 spiro atoms. The summed E-state index contributed by atoms with van der Waals surface area (Å²) >= 11 is 10.1. The Hall–Kier alpha value is -6.65. The number of anilines is 6. The number of thiophene rings is 1. The lowest BCUT2D eigenvalue weighted by Gasteiger charge is -2.57. The van der Waals surface area contributed by atoms with Gasteiger partial charge in [-0.15, -0.1) is 11.3 Å². The zero-order valence-corrected chi connectivity index (χ0v) is 46.1. The quantitative estimate of drug-likeness (QED) is 0.133. The van der Waals surface area contributed by atoms with Crippen molar-refractivity contribution in [1.29, 1.82) is 0 Å². The molecule has 0 aliphatic heterocycles. The van der Waals surface area contributed by atoms with Gasteiger partial charge in [0.2, 0.25) is 0 Å². The smallest absolute Gasteiger partial charge is 0.0887 e. The van der Waals surface area contributed by atoms with Crippen LogP contribution in [0.4, 0.5) is 34.1 Å². The first-order chi connectivity index (χ1) is 36.2. The maximum Gasteiger partial charge on any atom is 0.0887 e. The Morgan fingerprint density at radius 2 is 0.973 bits per heavy atom. The minimum absolute atomic E-state index is 0.0115. The molecule has 0 unspecified atom stereocenters. The van der Waals surface area contributed by atoms with Crippen molar-refractivity contribution < 1.29 is 0 Å². The largest absolute Gasteiger partial charge is 0.309 e. The maximum atomic E-state index is 8.31. The fraction of sp³-hybridized carbons (Fsp3) is 0.268. The molecule has 4 bridgehead atoms. The molecule has 14 rings (SSSR count). The van der Waals surface area contributed by atoms with E-state index in [0.717, 1.165) is 57.4 Å². The van der Waals surface area contributed by atoms with Gasteiger partial charge in [-0.2, -0.15) is 0 Å². The summed E-state index contributed by atoms with van der Waals surface area (Å²) in [7, 11) is 0. The lowest BCUT2D eigenvalue weighted by Crippen LogP contribution is -2.48. The molecule has 1 heterocycles. The van der Waals surface area contributed by atoms with Crippen LogP contribution in [0.2, 0.25) is 5.02 Å². The first-order valence-corrected chi connectivity index (χ1v) is 28.7. The van der Waals surface area contributed by atoms with E-state index in [2.05, 4.69) is 246 Å². The van der Waals surface area contributed by atoms with Gasteiger partial charge in [-0.3, -0.25) is 0 Å². The van der Waals surface area contributed by atoms with Crippen molar-refractivity contribution in [3.63, 3.8) is 0 Å². The van der Waals surface area contributed by atoms with E-state index in [4.69, 9.17) is 11.6 Å². The third-order valence-electron chi connectivity index (χ3n) is 17.5. The Morgan fingerprint density at radius 3 is 1.57 bits per heavy atom. The zero-order valence-electron chi connectivity index (χ0n) is 44.6. The van der Waals surface area contributed by atoms with Crippen LogP contribution in [0.5, 0.6) is 0 Å².